The Morgan fingerprint density at radius 3 is 2.38 bits per heavy atom. The van der Waals surface area contributed by atoms with E-state index in [2.05, 4.69) is 37.0 Å². The number of nitrogens with zero attached hydrogens (tertiary/aromatic N) is 3. The molecule has 0 aliphatic carbocycles. The number of esters is 1. The molecule has 7 heteroatoms. The molecule has 1 aromatic carbocycles. The van der Waals surface area contributed by atoms with E-state index in [0.717, 1.165) is 57.3 Å². The maximum atomic E-state index is 11.1. The summed E-state index contributed by atoms with van der Waals surface area (Å²) in [6, 6.07) is 8.19. The Morgan fingerprint density at radius 1 is 1.12 bits per heavy atom. The highest BCUT2D eigenvalue weighted by Gasteiger charge is 2.19. The molecule has 0 amide bonds. The van der Waals surface area contributed by atoms with Crippen molar-refractivity contribution in [3.8, 4) is 5.75 Å². The maximum Gasteiger partial charge on any atom is 0.305 e. The maximum absolute atomic E-state index is 11.1. The fourth-order valence-corrected chi connectivity index (χ4v) is 3.00. The van der Waals surface area contributed by atoms with Crippen LogP contribution in [0.5, 0.6) is 5.75 Å². The lowest BCUT2D eigenvalue weighted by atomic mass is 10.2. The number of hydrogen-bond donors (Lipinski definition) is 1. The van der Waals surface area contributed by atoms with E-state index in [1.54, 1.807) is 7.11 Å². The van der Waals surface area contributed by atoms with Crippen molar-refractivity contribution in [3.05, 3.63) is 24.3 Å². The van der Waals surface area contributed by atoms with Crippen LogP contribution in [-0.2, 0) is 9.53 Å². The highest BCUT2D eigenvalue weighted by atomic mass is 16.5. The van der Waals surface area contributed by atoms with Gasteiger partial charge in [0, 0.05) is 51.9 Å². The van der Waals surface area contributed by atoms with E-state index in [9.17, 15) is 4.79 Å². The number of carbonyl (C=O) groups is 1. The highest BCUT2D eigenvalue weighted by Crippen LogP contribution is 2.20. The van der Waals surface area contributed by atoms with Crippen LogP contribution < -0.4 is 15.0 Å². The standard InChI is InChI=1S/C19H30N4O3/c1-20-19(21-11-5-4-6-18(24)26-3)23-14-12-22(13-15-23)16-7-9-17(25-2)10-8-16/h7-10H,4-6,11-15H2,1-3H3,(H,20,21). The molecule has 1 aliphatic heterocycles. The van der Waals surface area contributed by atoms with Gasteiger partial charge in [-0.05, 0) is 37.1 Å². The first-order valence-corrected chi connectivity index (χ1v) is 9.09. The Labute approximate surface area is 156 Å². The zero-order chi connectivity index (χ0) is 18.8. The number of nitrogens with one attached hydrogen (secondary N) is 1. The number of guanidine groups is 1. The Morgan fingerprint density at radius 2 is 1.81 bits per heavy atom. The number of piperazine rings is 1. The van der Waals surface area contributed by atoms with E-state index in [4.69, 9.17) is 4.74 Å². The Hall–Kier alpha value is -2.44. The van der Waals surface area contributed by atoms with Gasteiger partial charge in [-0.2, -0.15) is 0 Å². The highest BCUT2D eigenvalue weighted by molar-refractivity contribution is 5.80. The predicted octanol–water partition coefficient (Wildman–Crippen LogP) is 1.74. The summed E-state index contributed by atoms with van der Waals surface area (Å²) < 4.78 is 9.87. The van der Waals surface area contributed by atoms with Gasteiger partial charge in [0.15, 0.2) is 5.96 Å². The normalized spacial score (nSPS) is 15.0. The van der Waals surface area contributed by atoms with Gasteiger partial charge in [-0.3, -0.25) is 9.79 Å². The van der Waals surface area contributed by atoms with Gasteiger partial charge < -0.3 is 24.6 Å². The number of carbonyl (C=O) groups excluding carboxylic acids is 1. The first-order valence-electron chi connectivity index (χ1n) is 9.09. The minimum Gasteiger partial charge on any atom is -0.497 e. The van der Waals surface area contributed by atoms with E-state index in [1.165, 1.54) is 12.8 Å². The topological polar surface area (TPSA) is 66.4 Å². The van der Waals surface area contributed by atoms with Crippen molar-refractivity contribution >= 4 is 17.6 Å². The Bertz CT molecular complexity index is 581. The molecule has 0 saturated carbocycles. The summed E-state index contributed by atoms with van der Waals surface area (Å²) in [5, 5.41) is 3.39. The lowest BCUT2D eigenvalue weighted by molar-refractivity contribution is -0.140. The van der Waals surface area contributed by atoms with Crippen molar-refractivity contribution in [2.45, 2.75) is 19.3 Å². The number of hydrogen-bond acceptors (Lipinski definition) is 5. The predicted molar refractivity (Wildman–Crippen MR) is 104 cm³/mol. The lowest BCUT2D eigenvalue weighted by Crippen LogP contribution is -2.52. The van der Waals surface area contributed by atoms with Gasteiger partial charge in [-0.15, -0.1) is 0 Å². The van der Waals surface area contributed by atoms with E-state index in [1.807, 2.05) is 19.2 Å². The second-order valence-electron chi connectivity index (χ2n) is 6.18. The first kappa shape index (κ1) is 19.9. The van der Waals surface area contributed by atoms with Crippen LogP contribution in [0.1, 0.15) is 19.3 Å². The first-order chi connectivity index (χ1) is 12.7. The van der Waals surface area contributed by atoms with E-state index >= 15 is 0 Å². The quantitative estimate of drug-likeness (QED) is 0.345. The minimum atomic E-state index is -0.149. The van der Waals surface area contributed by atoms with Crippen LogP contribution in [0, 0.1) is 0 Å². The molecule has 2 rings (SSSR count). The summed E-state index contributed by atoms with van der Waals surface area (Å²) >= 11 is 0. The monoisotopic (exact) mass is 362 g/mol. The SMILES string of the molecule is CN=C(NCCCCC(=O)OC)N1CCN(c2ccc(OC)cc2)CC1. The second-order valence-corrected chi connectivity index (χ2v) is 6.18. The van der Waals surface area contributed by atoms with Crippen molar-refractivity contribution in [1.82, 2.24) is 10.2 Å². The molecule has 0 atom stereocenters. The summed E-state index contributed by atoms with van der Waals surface area (Å²) in [4.78, 5) is 20.1. The zero-order valence-corrected chi connectivity index (χ0v) is 16.0. The van der Waals surface area contributed by atoms with Gasteiger partial charge in [0.25, 0.3) is 0 Å². The molecule has 0 aromatic heterocycles. The number of rotatable bonds is 7. The summed E-state index contributed by atoms with van der Waals surface area (Å²) in [7, 11) is 4.92. The molecule has 0 radical (unpaired) electrons. The fraction of sp³-hybridized carbons (Fsp3) is 0.579. The summed E-state index contributed by atoms with van der Waals surface area (Å²) in [5.41, 5.74) is 1.22. The molecule has 26 heavy (non-hydrogen) atoms. The molecule has 7 nitrogen and oxygen atoms in total. The van der Waals surface area contributed by atoms with Crippen LogP contribution in [0.2, 0.25) is 0 Å². The van der Waals surface area contributed by atoms with E-state index in [-0.39, 0.29) is 5.97 Å². The van der Waals surface area contributed by atoms with Crippen molar-refractivity contribution < 1.29 is 14.3 Å². The summed E-state index contributed by atoms with van der Waals surface area (Å²) in [5.74, 6) is 1.66. The molecule has 0 spiro atoms. The number of unbranched alkanes of at least 4 members (excludes halogenated alkanes) is 1. The third-order valence-corrected chi connectivity index (χ3v) is 4.55. The van der Waals surface area contributed by atoms with Gasteiger partial charge in [-0.25, -0.2) is 0 Å². The van der Waals surface area contributed by atoms with Crippen molar-refractivity contribution in [3.63, 3.8) is 0 Å². The second kappa shape index (κ2) is 10.5. The largest absolute Gasteiger partial charge is 0.497 e. The zero-order valence-electron chi connectivity index (χ0n) is 16.0. The fourth-order valence-electron chi connectivity index (χ4n) is 3.00. The molecule has 1 N–H and O–H groups in total. The van der Waals surface area contributed by atoms with Crippen LogP contribution in [0.3, 0.4) is 0 Å². The number of anilines is 1. The van der Waals surface area contributed by atoms with Crippen LogP contribution in [0.15, 0.2) is 29.3 Å². The van der Waals surface area contributed by atoms with Crippen LogP contribution in [0.25, 0.3) is 0 Å². The Balaban J connectivity index is 1.73. The minimum absolute atomic E-state index is 0.149. The van der Waals surface area contributed by atoms with Crippen LogP contribution in [-0.4, -0.2) is 70.8 Å². The molecule has 1 aromatic rings. The molecule has 0 bridgehead atoms. The molecule has 1 heterocycles. The number of aliphatic imine (C=N–C) groups is 1. The third kappa shape index (κ3) is 5.82. The molecular formula is C19H30N4O3. The molecule has 0 unspecified atom stereocenters. The van der Waals surface area contributed by atoms with Gasteiger partial charge in [-0.1, -0.05) is 0 Å². The van der Waals surface area contributed by atoms with Crippen LogP contribution >= 0.6 is 0 Å². The lowest BCUT2D eigenvalue weighted by Gasteiger charge is -2.37. The average Bonchev–Trinajstić information content (AvgIpc) is 2.70. The van der Waals surface area contributed by atoms with Crippen molar-refractivity contribution in [1.29, 1.82) is 0 Å². The number of methoxy groups -OCH3 is 2. The average molecular weight is 362 g/mol. The van der Waals surface area contributed by atoms with Gasteiger partial charge in [0.1, 0.15) is 5.75 Å². The number of ether oxygens (including phenoxy) is 2. The van der Waals surface area contributed by atoms with E-state index in [0.29, 0.717) is 6.42 Å². The van der Waals surface area contributed by atoms with Crippen LogP contribution in [0.4, 0.5) is 5.69 Å². The van der Waals surface area contributed by atoms with Gasteiger partial charge >= 0.3 is 5.97 Å². The number of benzene rings is 1. The van der Waals surface area contributed by atoms with Gasteiger partial charge in [0.05, 0.1) is 14.2 Å². The third-order valence-electron chi connectivity index (χ3n) is 4.55. The molecule has 1 aliphatic rings. The van der Waals surface area contributed by atoms with Crippen molar-refractivity contribution in [2.24, 2.45) is 4.99 Å². The Kier molecular flexibility index (Phi) is 8.05. The smallest absolute Gasteiger partial charge is 0.305 e. The van der Waals surface area contributed by atoms with E-state index < -0.39 is 0 Å². The van der Waals surface area contributed by atoms with Crippen molar-refractivity contribution in [2.75, 3.05) is 58.9 Å². The molecule has 1 saturated heterocycles. The summed E-state index contributed by atoms with van der Waals surface area (Å²) in [6.45, 7) is 4.56. The molecular weight excluding hydrogens is 332 g/mol. The molecule has 1 fully saturated rings. The summed E-state index contributed by atoms with van der Waals surface area (Å²) in [6.07, 6.45) is 2.21. The van der Waals surface area contributed by atoms with Gasteiger partial charge in [0.2, 0.25) is 0 Å². The molecule has 144 valence electrons.